The van der Waals surface area contributed by atoms with E-state index in [9.17, 15) is 26.0 Å². The summed E-state index contributed by atoms with van der Waals surface area (Å²) in [7, 11) is -6.80. The molecule has 1 N–H and O–H groups in total. The normalized spacial score (nSPS) is 16.4. The average Bonchev–Trinajstić information content (AvgIpc) is 2.89. The zero-order valence-electron chi connectivity index (χ0n) is 14.0. The molecule has 0 aromatic heterocycles. The predicted molar refractivity (Wildman–Crippen MR) is 96.1 cm³/mol. The summed E-state index contributed by atoms with van der Waals surface area (Å²) < 4.78 is 70.5. The number of rotatable bonds is 5. The van der Waals surface area contributed by atoms with E-state index in [0.717, 1.165) is 18.2 Å². The number of halogens is 1. The van der Waals surface area contributed by atoms with Gasteiger partial charge in [0.1, 0.15) is 16.5 Å². The zero-order chi connectivity index (χ0) is 19.8. The number of nitrogens with zero attached hydrogens (tertiary/aromatic N) is 1. The smallest absolute Gasteiger partial charge is 0.265 e. The second-order valence-electron chi connectivity index (χ2n) is 5.67. The van der Waals surface area contributed by atoms with Crippen LogP contribution in [0.3, 0.4) is 0 Å². The van der Waals surface area contributed by atoms with Crippen LogP contribution in [0.25, 0.3) is 0 Å². The van der Waals surface area contributed by atoms with Crippen LogP contribution in [0.2, 0.25) is 0 Å². The fourth-order valence-electron chi connectivity index (χ4n) is 2.60. The lowest BCUT2D eigenvalue weighted by Crippen LogP contribution is -2.29. The molecule has 144 valence electrons. The molecule has 0 radical (unpaired) electrons. The minimum atomic E-state index is -4.21. The highest BCUT2D eigenvalue weighted by atomic mass is 32.2. The quantitative estimate of drug-likeness (QED) is 0.798. The second kappa shape index (κ2) is 6.82. The van der Waals surface area contributed by atoms with Gasteiger partial charge in [-0.1, -0.05) is 0 Å². The van der Waals surface area contributed by atoms with E-state index in [1.54, 1.807) is 0 Å². The highest BCUT2D eigenvalue weighted by Gasteiger charge is 2.37. The third-order valence-electron chi connectivity index (χ3n) is 3.85. The van der Waals surface area contributed by atoms with E-state index in [-0.39, 0.29) is 34.2 Å². The molecule has 0 aliphatic carbocycles. The lowest BCUT2D eigenvalue weighted by atomic mass is 10.3. The van der Waals surface area contributed by atoms with Crippen LogP contribution in [0.5, 0.6) is 5.75 Å². The number of hydrogen-bond acceptors (Lipinski definition) is 6. The Kier molecular flexibility index (Phi) is 4.82. The number of carbonyl (C=O) groups is 1. The van der Waals surface area contributed by atoms with Gasteiger partial charge in [-0.25, -0.2) is 25.5 Å². The molecule has 1 amide bonds. The molecule has 8 nitrogen and oxygen atoms in total. The van der Waals surface area contributed by atoms with E-state index in [2.05, 4.69) is 4.72 Å². The van der Waals surface area contributed by atoms with Crippen LogP contribution in [0.1, 0.15) is 6.42 Å². The topological polar surface area (TPSA) is 110 Å². The molecule has 0 spiro atoms. The number of methoxy groups -OCH3 is 1. The van der Waals surface area contributed by atoms with E-state index >= 15 is 0 Å². The molecule has 2 aromatic rings. The molecular weight excluding hydrogens is 399 g/mol. The summed E-state index contributed by atoms with van der Waals surface area (Å²) in [4.78, 5) is 11.6. The first-order valence-electron chi connectivity index (χ1n) is 7.66. The number of ether oxygens (including phenoxy) is 1. The van der Waals surface area contributed by atoms with E-state index in [4.69, 9.17) is 4.74 Å². The van der Waals surface area contributed by atoms with Gasteiger partial charge < -0.3 is 4.74 Å². The van der Waals surface area contributed by atoms with Gasteiger partial charge in [-0.2, -0.15) is 0 Å². The third-order valence-corrected chi connectivity index (χ3v) is 6.94. The molecule has 0 saturated carbocycles. The minimum absolute atomic E-state index is 0.0441. The standard InChI is InChI=1S/C16H15FN2O6S2/c1-25-14-7-6-13(19-16(20)8-9-26(19,21)22)10-15(14)27(23,24)18-12-4-2-11(17)3-5-12/h2-7,10,18H,8-9H2,1H3. The van der Waals surface area contributed by atoms with Gasteiger partial charge in [-0.3, -0.25) is 9.52 Å². The number of benzene rings is 2. The van der Waals surface area contributed by atoms with Crippen molar-refractivity contribution < 1.29 is 30.8 Å². The lowest BCUT2D eigenvalue weighted by Gasteiger charge is -2.18. The second-order valence-corrected chi connectivity index (χ2v) is 9.26. The number of nitrogens with one attached hydrogen (secondary N) is 1. The van der Waals surface area contributed by atoms with E-state index in [0.29, 0.717) is 4.31 Å². The average molecular weight is 414 g/mol. The SMILES string of the molecule is COc1ccc(N2C(=O)CCS2(=O)=O)cc1S(=O)(=O)Nc1ccc(F)cc1. The molecule has 11 heteroatoms. The van der Waals surface area contributed by atoms with Gasteiger partial charge in [-0.15, -0.1) is 0 Å². The van der Waals surface area contributed by atoms with Crippen LogP contribution in [0.4, 0.5) is 15.8 Å². The molecule has 27 heavy (non-hydrogen) atoms. The number of amides is 1. The van der Waals surface area contributed by atoms with Crippen molar-refractivity contribution in [1.82, 2.24) is 0 Å². The van der Waals surface area contributed by atoms with E-state index in [1.165, 1.54) is 31.4 Å². The van der Waals surface area contributed by atoms with Crippen molar-refractivity contribution in [2.75, 3.05) is 21.9 Å². The van der Waals surface area contributed by atoms with Crippen LogP contribution in [0, 0.1) is 5.82 Å². The first-order valence-corrected chi connectivity index (χ1v) is 10.8. The van der Waals surface area contributed by atoms with Crippen LogP contribution < -0.4 is 13.8 Å². The Morgan fingerprint density at radius 3 is 2.37 bits per heavy atom. The first-order chi connectivity index (χ1) is 12.6. The Morgan fingerprint density at radius 1 is 1.15 bits per heavy atom. The molecule has 1 heterocycles. The van der Waals surface area contributed by atoms with Crippen molar-refractivity contribution in [3.63, 3.8) is 0 Å². The van der Waals surface area contributed by atoms with Gasteiger partial charge in [-0.05, 0) is 42.5 Å². The molecule has 1 fully saturated rings. The van der Waals surface area contributed by atoms with Gasteiger partial charge in [0.15, 0.2) is 0 Å². The number of anilines is 2. The molecule has 1 aliphatic heterocycles. The van der Waals surface area contributed by atoms with E-state index < -0.39 is 31.8 Å². The molecule has 0 bridgehead atoms. The maximum Gasteiger partial charge on any atom is 0.265 e. The Hall–Kier alpha value is -2.66. The number of sulfonamides is 2. The Morgan fingerprint density at radius 2 is 1.81 bits per heavy atom. The van der Waals surface area contributed by atoms with Crippen molar-refractivity contribution in [2.24, 2.45) is 0 Å². The number of hydrogen-bond donors (Lipinski definition) is 1. The zero-order valence-corrected chi connectivity index (χ0v) is 15.7. The van der Waals surface area contributed by atoms with Crippen LogP contribution >= 0.6 is 0 Å². The largest absolute Gasteiger partial charge is 0.495 e. The van der Waals surface area contributed by atoms with Crippen molar-refractivity contribution in [3.05, 3.63) is 48.3 Å². The van der Waals surface area contributed by atoms with E-state index in [1.807, 2.05) is 0 Å². The highest BCUT2D eigenvalue weighted by Crippen LogP contribution is 2.33. The summed E-state index contributed by atoms with van der Waals surface area (Å²) in [6.07, 6.45) is -0.176. The predicted octanol–water partition coefficient (Wildman–Crippen LogP) is 1.70. The van der Waals surface area contributed by atoms with Crippen molar-refractivity contribution in [3.8, 4) is 5.75 Å². The minimum Gasteiger partial charge on any atom is -0.495 e. The van der Waals surface area contributed by atoms with Crippen molar-refractivity contribution in [2.45, 2.75) is 11.3 Å². The van der Waals surface area contributed by atoms with Crippen molar-refractivity contribution in [1.29, 1.82) is 0 Å². The number of carbonyl (C=O) groups excluding carboxylic acids is 1. The summed E-state index contributed by atoms with van der Waals surface area (Å²) in [6.45, 7) is 0. The van der Waals surface area contributed by atoms with Crippen LogP contribution in [0.15, 0.2) is 47.4 Å². The van der Waals surface area contributed by atoms with Gasteiger partial charge in [0.05, 0.1) is 18.6 Å². The Bertz CT molecular complexity index is 1100. The molecule has 3 rings (SSSR count). The van der Waals surface area contributed by atoms with Gasteiger partial charge in [0.2, 0.25) is 15.9 Å². The Labute approximate surface area is 155 Å². The van der Waals surface area contributed by atoms with Gasteiger partial charge >= 0.3 is 0 Å². The summed E-state index contributed by atoms with van der Waals surface area (Å²) in [6, 6.07) is 8.23. The maximum absolute atomic E-state index is 13.0. The lowest BCUT2D eigenvalue weighted by molar-refractivity contribution is -0.116. The summed E-state index contributed by atoms with van der Waals surface area (Å²) in [5.41, 5.74) is 0.00603. The monoisotopic (exact) mass is 414 g/mol. The molecule has 1 aliphatic rings. The molecule has 2 aromatic carbocycles. The fourth-order valence-corrected chi connectivity index (χ4v) is 5.30. The molecular formula is C16H15FN2O6S2. The molecule has 0 atom stereocenters. The Balaban J connectivity index is 2.06. The molecule has 1 saturated heterocycles. The highest BCUT2D eigenvalue weighted by molar-refractivity contribution is 7.94. The van der Waals surface area contributed by atoms with Crippen LogP contribution in [-0.2, 0) is 24.8 Å². The summed E-state index contributed by atoms with van der Waals surface area (Å²) in [5, 5.41) is 0. The summed E-state index contributed by atoms with van der Waals surface area (Å²) in [5.74, 6) is -1.56. The van der Waals surface area contributed by atoms with Gasteiger partial charge in [0.25, 0.3) is 10.0 Å². The summed E-state index contributed by atoms with van der Waals surface area (Å²) >= 11 is 0. The van der Waals surface area contributed by atoms with Gasteiger partial charge in [0, 0.05) is 12.1 Å². The first kappa shape index (κ1) is 19.1. The molecule has 0 unspecified atom stereocenters. The fraction of sp³-hybridized carbons (Fsp3) is 0.188. The van der Waals surface area contributed by atoms with Crippen LogP contribution in [-0.4, -0.2) is 35.6 Å². The maximum atomic E-state index is 13.0. The van der Waals surface area contributed by atoms with Crippen molar-refractivity contribution >= 4 is 37.3 Å². The third kappa shape index (κ3) is 3.74.